The zero-order valence-electron chi connectivity index (χ0n) is 16.0. The third-order valence-electron chi connectivity index (χ3n) is 6.03. The first-order valence-electron chi connectivity index (χ1n) is 9.98. The molecule has 1 amide bonds. The third-order valence-corrected chi connectivity index (χ3v) is 7.20. The monoisotopic (exact) mass is 403 g/mol. The van der Waals surface area contributed by atoms with Crippen LogP contribution in [-0.4, -0.2) is 51.0 Å². The van der Waals surface area contributed by atoms with E-state index in [4.69, 9.17) is 4.74 Å². The molecule has 150 valence electrons. The fraction of sp³-hybridized carbons (Fsp3) is 0.600. The van der Waals surface area contributed by atoms with Crippen LogP contribution in [-0.2, 0) is 11.2 Å². The molecule has 0 aliphatic heterocycles. The predicted octanol–water partition coefficient (Wildman–Crippen LogP) is 4.00. The number of nitrogens with zero attached hydrogens (tertiary/aromatic N) is 3. The van der Waals surface area contributed by atoms with Crippen molar-refractivity contribution < 1.29 is 19.4 Å². The van der Waals surface area contributed by atoms with Gasteiger partial charge in [-0.1, -0.05) is 0 Å². The largest absolute Gasteiger partial charge is 0.474 e. The number of hydrogen-bond acceptors (Lipinski definition) is 6. The highest BCUT2D eigenvalue weighted by Gasteiger charge is 2.32. The van der Waals surface area contributed by atoms with E-state index in [9.17, 15) is 14.7 Å². The van der Waals surface area contributed by atoms with E-state index in [0.717, 1.165) is 55.0 Å². The lowest BCUT2D eigenvalue weighted by Gasteiger charge is -2.34. The van der Waals surface area contributed by atoms with Crippen LogP contribution in [0.25, 0.3) is 10.2 Å². The number of aromatic nitrogens is 2. The zero-order chi connectivity index (χ0) is 19.7. The summed E-state index contributed by atoms with van der Waals surface area (Å²) in [7, 11) is 0. The number of carbonyl (C=O) groups is 2. The number of carbonyl (C=O) groups excluding carboxylic acids is 1. The normalized spacial score (nSPS) is 24.1. The Bertz CT molecular complexity index is 876. The molecular formula is C20H25N3O4S. The molecule has 1 atom stereocenters. The molecule has 4 rings (SSSR count). The summed E-state index contributed by atoms with van der Waals surface area (Å²) in [5, 5.41) is 10.3. The van der Waals surface area contributed by atoms with Gasteiger partial charge in [-0.15, -0.1) is 11.3 Å². The van der Waals surface area contributed by atoms with Crippen LogP contribution < -0.4 is 4.74 Å². The van der Waals surface area contributed by atoms with Crippen molar-refractivity contribution in [2.45, 2.75) is 69.9 Å². The average molecular weight is 404 g/mol. The highest BCUT2D eigenvalue weighted by Crippen LogP contribution is 2.47. The van der Waals surface area contributed by atoms with Gasteiger partial charge in [-0.2, -0.15) is 0 Å². The molecule has 2 aliphatic rings. The molecule has 0 aromatic carbocycles. The predicted molar refractivity (Wildman–Crippen MR) is 106 cm³/mol. The minimum Gasteiger partial charge on any atom is -0.474 e. The number of rotatable bonds is 6. The lowest BCUT2D eigenvalue weighted by atomic mass is 9.92. The Morgan fingerprint density at radius 3 is 2.79 bits per heavy atom. The van der Waals surface area contributed by atoms with E-state index in [-0.39, 0.29) is 18.1 Å². The van der Waals surface area contributed by atoms with Crippen molar-refractivity contribution in [3.63, 3.8) is 0 Å². The quantitative estimate of drug-likeness (QED) is 0.733. The summed E-state index contributed by atoms with van der Waals surface area (Å²) in [6.45, 7) is 2.39. The topological polar surface area (TPSA) is 92.6 Å². The Hall–Kier alpha value is -2.22. The Morgan fingerprint density at radius 1 is 1.32 bits per heavy atom. The number of amides is 1. The van der Waals surface area contributed by atoms with Crippen LogP contribution in [0.1, 0.15) is 61.8 Å². The molecule has 28 heavy (non-hydrogen) atoms. The summed E-state index contributed by atoms with van der Waals surface area (Å²) in [5.41, 5.74) is 1.21. The van der Waals surface area contributed by atoms with Gasteiger partial charge in [0.25, 0.3) is 0 Å². The molecular weight excluding hydrogens is 378 g/mol. The molecule has 0 saturated heterocycles. The fourth-order valence-corrected chi connectivity index (χ4v) is 5.90. The number of hydrogen-bond donors (Lipinski definition) is 1. The van der Waals surface area contributed by atoms with Gasteiger partial charge >= 0.3 is 6.09 Å². The minimum absolute atomic E-state index is 0.0309. The summed E-state index contributed by atoms with van der Waals surface area (Å²) in [6, 6.07) is 0.0649. The van der Waals surface area contributed by atoms with Crippen molar-refractivity contribution in [2.24, 2.45) is 0 Å². The van der Waals surface area contributed by atoms with Gasteiger partial charge in [0.05, 0.1) is 5.39 Å². The van der Waals surface area contributed by atoms with E-state index in [2.05, 4.69) is 9.97 Å². The van der Waals surface area contributed by atoms with Crippen LogP contribution in [0.5, 0.6) is 5.88 Å². The Kier molecular flexibility index (Phi) is 5.48. The summed E-state index contributed by atoms with van der Waals surface area (Å²) < 4.78 is 6.30. The van der Waals surface area contributed by atoms with Gasteiger partial charge in [0.1, 0.15) is 23.5 Å². The highest BCUT2D eigenvalue weighted by atomic mass is 32.1. The number of carboxylic acid groups (broad SMARTS) is 1. The van der Waals surface area contributed by atoms with Gasteiger partial charge in [0, 0.05) is 23.9 Å². The van der Waals surface area contributed by atoms with Crippen molar-refractivity contribution in [1.29, 1.82) is 0 Å². The molecule has 2 aromatic rings. The van der Waals surface area contributed by atoms with E-state index in [1.165, 1.54) is 15.3 Å². The van der Waals surface area contributed by atoms with Crippen LogP contribution >= 0.6 is 11.3 Å². The maximum atomic E-state index is 11.4. The standard InChI is InChI=1S/C20H25N3O4S/c1-2-23(20(25)26)13-4-6-14(7-5-13)27-18-17-16-12(9-10-24)3-8-15(16)28-19(17)22-11-21-18/h10-14H,2-9H2,1H3,(H,25,26)/t12-,13?,14?/m1/s1. The lowest BCUT2D eigenvalue weighted by Crippen LogP contribution is -2.42. The number of aryl methyl sites for hydroxylation is 1. The Balaban J connectivity index is 1.52. The maximum Gasteiger partial charge on any atom is 0.407 e. The summed E-state index contributed by atoms with van der Waals surface area (Å²) >= 11 is 1.68. The Morgan fingerprint density at radius 2 is 2.11 bits per heavy atom. The molecule has 2 aromatic heterocycles. The third kappa shape index (κ3) is 3.45. The summed E-state index contributed by atoms with van der Waals surface area (Å²) in [5.74, 6) is 0.855. The molecule has 0 bridgehead atoms. The maximum absolute atomic E-state index is 11.4. The van der Waals surface area contributed by atoms with E-state index >= 15 is 0 Å². The van der Waals surface area contributed by atoms with Gasteiger partial charge in [-0.3, -0.25) is 0 Å². The second kappa shape index (κ2) is 8.03. The molecule has 8 heteroatoms. The van der Waals surface area contributed by atoms with Crippen LogP contribution in [0.3, 0.4) is 0 Å². The van der Waals surface area contributed by atoms with Crippen LogP contribution in [0.4, 0.5) is 4.79 Å². The molecule has 0 unspecified atom stereocenters. The zero-order valence-corrected chi connectivity index (χ0v) is 16.8. The van der Waals surface area contributed by atoms with E-state index in [1.54, 1.807) is 17.7 Å². The van der Waals surface area contributed by atoms with Gasteiger partial charge in [-0.25, -0.2) is 14.8 Å². The SMILES string of the molecule is CCN(C(=O)O)C1CCC(Oc2ncnc3sc4c(c23)[C@@H](CC=O)CC4)CC1. The molecule has 2 aliphatic carbocycles. The van der Waals surface area contributed by atoms with Gasteiger partial charge in [-0.05, 0) is 56.9 Å². The van der Waals surface area contributed by atoms with Gasteiger partial charge in [0.2, 0.25) is 5.88 Å². The minimum atomic E-state index is -0.848. The van der Waals surface area contributed by atoms with Crippen molar-refractivity contribution >= 4 is 33.9 Å². The molecule has 2 heterocycles. The van der Waals surface area contributed by atoms with Crippen LogP contribution in [0.2, 0.25) is 0 Å². The lowest BCUT2D eigenvalue weighted by molar-refractivity contribution is -0.108. The van der Waals surface area contributed by atoms with Crippen molar-refractivity contribution in [2.75, 3.05) is 6.54 Å². The molecule has 1 fully saturated rings. The molecule has 1 N–H and O–H groups in total. The van der Waals surface area contributed by atoms with Crippen LogP contribution in [0.15, 0.2) is 6.33 Å². The first kappa shape index (κ1) is 19.1. The summed E-state index contributed by atoms with van der Waals surface area (Å²) in [6.07, 6.45) is 7.46. The molecule has 0 radical (unpaired) electrons. The van der Waals surface area contributed by atoms with Crippen molar-refractivity contribution in [1.82, 2.24) is 14.9 Å². The molecule has 7 nitrogen and oxygen atoms in total. The van der Waals surface area contributed by atoms with Gasteiger partial charge < -0.3 is 19.5 Å². The highest BCUT2D eigenvalue weighted by molar-refractivity contribution is 7.19. The number of fused-ring (bicyclic) bond motifs is 3. The smallest absolute Gasteiger partial charge is 0.407 e. The van der Waals surface area contributed by atoms with E-state index < -0.39 is 6.09 Å². The van der Waals surface area contributed by atoms with E-state index in [0.29, 0.717) is 18.8 Å². The number of ether oxygens (including phenoxy) is 1. The van der Waals surface area contributed by atoms with Gasteiger partial charge in [0.15, 0.2) is 0 Å². The number of thiophene rings is 1. The van der Waals surface area contributed by atoms with E-state index in [1.807, 2.05) is 6.92 Å². The number of aldehydes is 1. The van der Waals surface area contributed by atoms with Crippen LogP contribution in [0, 0.1) is 0 Å². The molecule has 1 saturated carbocycles. The molecule has 0 spiro atoms. The van der Waals surface area contributed by atoms with Crippen molar-refractivity contribution in [3.8, 4) is 5.88 Å². The first-order chi connectivity index (χ1) is 13.6. The summed E-state index contributed by atoms with van der Waals surface area (Å²) in [4.78, 5) is 35.1. The fourth-order valence-electron chi connectivity index (χ4n) is 4.66. The second-order valence-electron chi connectivity index (χ2n) is 7.55. The second-order valence-corrected chi connectivity index (χ2v) is 8.64. The Labute approximate surface area is 167 Å². The first-order valence-corrected chi connectivity index (χ1v) is 10.8. The average Bonchev–Trinajstić information content (AvgIpc) is 3.24. The van der Waals surface area contributed by atoms with Crippen molar-refractivity contribution in [3.05, 3.63) is 16.8 Å².